The number of nitrogens with zero attached hydrogens (tertiary/aromatic N) is 2. The van der Waals surface area contributed by atoms with E-state index in [-0.39, 0.29) is 12.5 Å². The summed E-state index contributed by atoms with van der Waals surface area (Å²) in [6, 6.07) is 12.5. The SMILES string of the molecule is O=C(CN1C(=O)c2ccccc2C1=O)NCCCCCNc1c2c(nc3cc(Cl)ccc13)CCCC2. The van der Waals surface area contributed by atoms with E-state index in [1.165, 1.54) is 29.8 Å². The number of hydrogen-bond donors (Lipinski definition) is 2. The van der Waals surface area contributed by atoms with Gasteiger partial charge in [0.1, 0.15) is 6.54 Å². The molecule has 0 saturated heterocycles. The van der Waals surface area contributed by atoms with Gasteiger partial charge in [-0.15, -0.1) is 0 Å². The van der Waals surface area contributed by atoms with Crippen LogP contribution in [0.4, 0.5) is 5.69 Å². The number of carbonyl (C=O) groups excluding carboxylic acids is 3. The van der Waals surface area contributed by atoms with Crippen molar-refractivity contribution in [1.82, 2.24) is 15.2 Å². The van der Waals surface area contributed by atoms with Gasteiger partial charge in [0.25, 0.3) is 11.8 Å². The molecule has 2 aliphatic rings. The van der Waals surface area contributed by atoms with E-state index < -0.39 is 11.8 Å². The number of imide groups is 1. The second-order valence-electron chi connectivity index (χ2n) is 9.36. The van der Waals surface area contributed by atoms with Crippen molar-refractivity contribution in [3.63, 3.8) is 0 Å². The number of aromatic nitrogens is 1. The van der Waals surface area contributed by atoms with Gasteiger partial charge in [0.15, 0.2) is 0 Å². The Morgan fingerprint density at radius 3 is 2.44 bits per heavy atom. The summed E-state index contributed by atoms with van der Waals surface area (Å²) in [5.74, 6) is -1.15. The molecule has 1 aliphatic heterocycles. The molecule has 5 rings (SSSR count). The number of fused-ring (bicyclic) bond motifs is 3. The molecule has 0 radical (unpaired) electrons. The Morgan fingerprint density at radius 2 is 1.67 bits per heavy atom. The fourth-order valence-corrected chi connectivity index (χ4v) is 5.22. The van der Waals surface area contributed by atoms with E-state index in [2.05, 4.69) is 10.6 Å². The Bertz CT molecular complexity index is 1300. The number of nitrogens with one attached hydrogen (secondary N) is 2. The van der Waals surface area contributed by atoms with Crippen LogP contribution in [-0.4, -0.2) is 47.2 Å². The van der Waals surface area contributed by atoms with Gasteiger partial charge < -0.3 is 10.6 Å². The third kappa shape index (κ3) is 4.93. The zero-order valence-corrected chi connectivity index (χ0v) is 20.9. The fourth-order valence-electron chi connectivity index (χ4n) is 5.05. The topological polar surface area (TPSA) is 91.4 Å². The van der Waals surface area contributed by atoms with Crippen LogP contribution >= 0.6 is 11.6 Å². The molecule has 1 aliphatic carbocycles. The highest BCUT2D eigenvalue weighted by atomic mass is 35.5. The minimum atomic E-state index is -0.412. The van der Waals surface area contributed by atoms with E-state index in [1.54, 1.807) is 24.3 Å². The van der Waals surface area contributed by atoms with Crippen LogP contribution in [0.15, 0.2) is 42.5 Å². The quantitative estimate of drug-likeness (QED) is 0.324. The van der Waals surface area contributed by atoms with Crippen molar-refractivity contribution < 1.29 is 14.4 Å². The van der Waals surface area contributed by atoms with Gasteiger partial charge in [0, 0.05) is 34.9 Å². The van der Waals surface area contributed by atoms with Crippen LogP contribution in [0.2, 0.25) is 5.02 Å². The molecule has 2 N–H and O–H groups in total. The lowest BCUT2D eigenvalue weighted by Gasteiger charge is -2.22. The van der Waals surface area contributed by atoms with Crippen LogP contribution < -0.4 is 10.6 Å². The van der Waals surface area contributed by atoms with Crippen molar-refractivity contribution in [3.8, 4) is 0 Å². The lowest BCUT2D eigenvalue weighted by atomic mass is 9.92. The summed E-state index contributed by atoms with van der Waals surface area (Å²) in [5, 5.41) is 8.29. The number of amides is 3. The lowest BCUT2D eigenvalue weighted by Crippen LogP contribution is -2.40. The molecule has 8 heteroatoms. The molecular formula is C28H29ClN4O3. The molecule has 0 saturated carbocycles. The maximum atomic E-state index is 12.4. The molecular weight excluding hydrogens is 476 g/mol. The van der Waals surface area contributed by atoms with Gasteiger partial charge in [0.05, 0.1) is 16.6 Å². The molecule has 3 amide bonds. The summed E-state index contributed by atoms with van der Waals surface area (Å²) in [7, 11) is 0. The van der Waals surface area contributed by atoms with E-state index in [4.69, 9.17) is 16.6 Å². The Kier molecular flexibility index (Phi) is 7.18. The zero-order valence-electron chi connectivity index (χ0n) is 20.1. The van der Waals surface area contributed by atoms with Crippen molar-refractivity contribution in [2.45, 2.75) is 44.9 Å². The van der Waals surface area contributed by atoms with Gasteiger partial charge in [-0.2, -0.15) is 0 Å². The minimum Gasteiger partial charge on any atom is -0.384 e. The van der Waals surface area contributed by atoms with E-state index in [9.17, 15) is 14.4 Å². The first-order chi connectivity index (χ1) is 17.5. The number of rotatable bonds is 9. The number of pyridine rings is 1. The maximum absolute atomic E-state index is 12.4. The highest BCUT2D eigenvalue weighted by Gasteiger charge is 2.36. The molecule has 186 valence electrons. The predicted molar refractivity (Wildman–Crippen MR) is 141 cm³/mol. The molecule has 0 spiro atoms. The Hall–Kier alpha value is -3.45. The Labute approximate surface area is 215 Å². The van der Waals surface area contributed by atoms with Crippen LogP contribution in [0.1, 0.15) is 64.1 Å². The number of hydrogen-bond acceptors (Lipinski definition) is 5. The van der Waals surface area contributed by atoms with Crippen LogP contribution in [0, 0.1) is 0 Å². The first-order valence-corrected chi connectivity index (χ1v) is 13.0. The summed E-state index contributed by atoms with van der Waals surface area (Å²) in [6.45, 7) is 1.09. The smallest absolute Gasteiger partial charge is 0.262 e. The molecule has 0 fully saturated rings. The first kappa shape index (κ1) is 24.3. The van der Waals surface area contributed by atoms with Crippen LogP contribution in [-0.2, 0) is 17.6 Å². The van der Waals surface area contributed by atoms with Crippen molar-refractivity contribution >= 4 is 45.9 Å². The van der Waals surface area contributed by atoms with Crippen molar-refractivity contribution in [1.29, 1.82) is 0 Å². The highest BCUT2D eigenvalue weighted by molar-refractivity contribution is 6.31. The van der Waals surface area contributed by atoms with E-state index in [0.717, 1.165) is 54.5 Å². The third-order valence-corrected chi connectivity index (χ3v) is 7.12. The van der Waals surface area contributed by atoms with Crippen molar-refractivity contribution in [2.24, 2.45) is 0 Å². The molecule has 3 aromatic rings. The van der Waals surface area contributed by atoms with E-state index in [1.807, 2.05) is 18.2 Å². The second-order valence-corrected chi connectivity index (χ2v) is 9.80. The predicted octanol–water partition coefficient (Wildman–Crippen LogP) is 4.76. The standard InChI is InChI=1S/C28H29ClN4O3/c29-18-12-13-22-24(16-18)32-23-11-5-4-10-21(23)26(22)31-15-7-1-6-14-30-25(34)17-33-27(35)19-8-2-3-9-20(19)28(33)36/h2-3,8-9,12-13,16H,1,4-7,10-11,14-15,17H2,(H,30,34)(H,31,32). The van der Waals surface area contributed by atoms with Gasteiger partial charge in [0.2, 0.25) is 5.91 Å². The summed E-state index contributed by atoms with van der Waals surface area (Å²) >= 11 is 6.21. The highest BCUT2D eigenvalue weighted by Crippen LogP contribution is 2.34. The van der Waals surface area contributed by atoms with Crippen LogP contribution in [0.25, 0.3) is 10.9 Å². The molecule has 2 heterocycles. The first-order valence-electron chi connectivity index (χ1n) is 12.6. The number of halogens is 1. The lowest BCUT2D eigenvalue weighted by molar-refractivity contribution is -0.121. The molecule has 36 heavy (non-hydrogen) atoms. The summed E-state index contributed by atoms with van der Waals surface area (Å²) in [6.07, 6.45) is 7.13. The summed E-state index contributed by atoms with van der Waals surface area (Å²) < 4.78 is 0. The van der Waals surface area contributed by atoms with Gasteiger partial charge in [-0.05, 0) is 80.8 Å². The summed E-state index contributed by atoms with van der Waals surface area (Å²) in [4.78, 5) is 43.0. The Balaban J connectivity index is 1.07. The van der Waals surface area contributed by atoms with Crippen molar-refractivity contribution in [3.05, 3.63) is 69.9 Å². The average molecular weight is 505 g/mol. The normalized spacial score (nSPS) is 14.6. The van der Waals surface area contributed by atoms with Gasteiger partial charge in [-0.25, -0.2) is 0 Å². The average Bonchev–Trinajstić information content (AvgIpc) is 3.12. The third-order valence-electron chi connectivity index (χ3n) is 6.88. The Morgan fingerprint density at radius 1 is 0.944 bits per heavy atom. The zero-order chi connectivity index (χ0) is 25.1. The minimum absolute atomic E-state index is 0.252. The van der Waals surface area contributed by atoms with E-state index >= 15 is 0 Å². The number of aryl methyl sites for hydroxylation is 1. The van der Waals surface area contributed by atoms with Crippen LogP contribution in [0.5, 0.6) is 0 Å². The molecule has 2 aromatic carbocycles. The molecule has 0 bridgehead atoms. The number of carbonyl (C=O) groups is 3. The van der Waals surface area contributed by atoms with Gasteiger partial charge in [-0.3, -0.25) is 24.3 Å². The number of anilines is 1. The van der Waals surface area contributed by atoms with Crippen LogP contribution in [0.3, 0.4) is 0 Å². The second kappa shape index (κ2) is 10.7. The molecule has 0 unspecified atom stereocenters. The summed E-state index contributed by atoms with van der Waals surface area (Å²) in [5.41, 5.74) is 5.34. The molecule has 0 atom stereocenters. The fraction of sp³-hybridized carbons (Fsp3) is 0.357. The number of unbranched alkanes of at least 4 members (excludes halogenated alkanes) is 2. The van der Waals surface area contributed by atoms with Crippen molar-refractivity contribution in [2.75, 3.05) is 25.0 Å². The van der Waals surface area contributed by atoms with Gasteiger partial charge in [-0.1, -0.05) is 23.7 Å². The molecule has 1 aromatic heterocycles. The van der Waals surface area contributed by atoms with Gasteiger partial charge >= 0.3 is 0 Å². The largest absolute Gasteiger partial charge is 0.384 e. The van der Waals surface area contributed by atoms with E-state index in [0.29, 0.717) is 22.7 Å². The monoisotopic (exact) mass is 504 g/mol. The molecule has 7 nitrogen and oxygen atoms in total. The number of benzene rings is 2. The maximum Gasteiger partial charge on any atom is 0.262 e.